The molecule has 30 heavy (non-hydrogen) atoms. The van der Waals surface area contributed by atoms with Crippen molar-refractivity contribution in [3.8, 4) is 0 Å². The van der Waals surface area contributed by atoms with Gasteiger partial charge in [0.25, 0.3) is 0 Å². The van der Waals surface area contributed by atoms with E-state index in [1.54, 1.807) is 0 Å². The van der Waals surface area contributed by atoms with Gasteiger partial charge in [-0.2, -0.15) is 0 Å². The van der Waals surface area contributed by atoms with E-state index in [1.807, 2.05) is 13.8 Å². The number of nitrogens with one attached hydrogen (secondary N) is 1. The Morgan fingerprint density at radius 1 is 0.833 bits per heavy atom. The molecular formula is C26H32N2O2. The molecule has 0 atom stereocenters. The molecule has 1 heterocycles. The molecule has 0 fully saturated rings. The van der Waals surface area contributed by atoms with Gasteiger partial charge in [-0.25, -0.2) is 4.79 Å². The van der Waals surface area contributed by atoms with Crippen LogP contribution in [0.1, 0.15) is 60.7 Å². The number of aryl methyl sites for hydroxylation is 4. The molecule has 0 saturated heterocycles. The molecule has 158 valence electrons. The number of aromatic carboxylic acids is 1. The number of aromatic nitrogens is 1. The van der Waals surface area contributed by atoms with Crippen molar-refractivity contribution in [1.82, 2.24) is 9.88 Å². The molecule has 3 aromatic rings. The van der Waals surface area contributed by atoms with E-state index in [9.17, 15) is 9.90 Å². The number of nitrogens with zero attached hydrogens (tertiary/aromatic N) is 1. The third-order valence-corrected chi connectivity index (χ3v) is 6.03. The number of carbonyl (C=O) groups is 1. The second kappa shape index (κ2) is 8.88. The van der Waals surface area contributed by atoms with Crippen molar-refractivity contribution in [3.05, 3.63) is 92.3 Å². The first kappa shape index (κ1) is 21.8. The van der Waals surface area contributed by atoms with Crippen LogP contribution in [0.4, 0.5) is 0 Å². The SMILES string of the molecule is Cc1ccc(CNCc2c(C(=O)O)c(C)n(Cc3c(C)cc(C)cc3C)c2C)cc1. The van der Waals surface area contributed by atoms with E-state index in [0.29, 0.717) is 25.2 Å². The summed E-state index contributed by atoms with van der Waals surface area (Å²) in [5, 5.41) is 13.3. The molecule has 0 aliphatic heterocycles. The van der Waals surface area contributed by atoms with E-state index in [0.717, 1.165) is 17.0 Å². The predicted octanol–water partition coefficient (Wildman–Crippen LogP) is 5.37. The van der Waals surface area contributed by atoms with Crippen LogP contribution >= 0.6 is 0 Å². The van der Waals surface area contributed by atoms with Crippen molar-refractivity contribution in [1.29, 1.82) is 0 Å². The topological polar surface area (TPSA) is 54.3 Å². The second-order valence-corrected chi connectivity index (χ2v) is 8.38. The zero-order chi connectivity index (χ0) is 22.0. The number of hydrogen-bond acceptors (Lipinski definition) is 2. The number of rotatable bonds is 7. The minimum atomic E-state index is -0.862. The van der Waals surface area contributed by atoms with Crippen LogP contribution in [0.5, 0.6) is 0 Å². The Balaban J connectivity index is 1.89. The summed E-state index contributed by atoms with van der Waals surface area (Å²) in [5.41, 5.74) is 10.6. The standard InChI is InChI=1S/C26H32N2O2/c1-16-7-9-22(10-8-16)13-27-14-23-20(5)28(21(6)25(23)26(29)30)15-24-18(3)11-17(2)12-19(24)4/h7-12,27H,13-15H2,1-6H3,(H,29,30). The molecule has 2 N–H and O–H groups in total. The van der Waals surface area contributed by atoms with Gasteiger partial charge in [0, 0.05) is 36.6 Å². The summed E-state index contributed by atoms with van der Waals surface area (Å²) in [7, 11) is 0. The maximum atomic E-state index is 12.1. The molecule has 0 aliphatic rings. The highest BCUT2D eigenvalue weighted by molar-refractivity contribution is 5.91. The highest BCUT2D eigenvalue weighted by Crippen LogP contribution is 2.26. The minimum Gasteiger partial charge on any atom is -0.478 e. The average Bonchev–Trinajstić information content (AvgIpc) is 2.90. The molecule has 0 spiro atoms. The van der Waals surface area contributed by atoms with Crippen LogP contribution < -0.4 is 5.32 Å². The lowest BCUT2D eigenvalue weighted by atomic mass is 9.99. The molecule has 4 nitrogen and oxygen atoms in total. The average molecular weight is 405 g/mol. The summed E-state index contributed by atoms with van der Waals surface area (Å²) < 4.78 is 2.15. The van der Waals surface area contributed by atoms with E-state index < -0.39 is 5.97 Å². The van der Waals surface area contributed by atoms with Crippen molar-refractivity contribution >= 4 is 5.97 Å². The lowest BCUT2D eigenvalue weighted by molar-refractivity contribution is 0.0694. The minimum absolute atomic E-state index is 0.423. The second-order valence-electron chi connectivity index (χ2n) is 8.38. The Hall–Kier alpha value is -2.85. The first-order valence-electron chi connectivity index (χ1n) is 10.4. The monoisotopic (exact) mass is 404 g/mol. The summed E-state index contributed by atoms with van der Waals surface area (Å²) in [6.45, 7) is 14.3. The van der Waals surface area contributed by atoms with E-state index >= 15 is 0 Å². The van der Waals surface area contributed by atoms with Crippen LogP contribution in [0.3, 0.4) is 0 Å². The van der Waals surface area contributed by atoms with Gasteiger partial charge in [-0.3, -0.25) is 0 Å². The quantitative estimate of drug-likeness (QED) is 0.556. The normalized spacial score (nSPS) is 11.1. The van der Waals surface area contributed by atoms with Crippen LogP contribution in [-0.2, 0) is 19.6 Å². The molecule has 1 aromatic heterocycles. The van der Waals surface area contributed by atoms with Gasteiger partial charge in [0.05, 0.1) is 5.56 Å². The van der Waals surface area contributed by atoms with Crippen molar-refractivity contribution in [2.75, 3.05) is 0 Å². The van der Waals surface area contributed by atoms with Crippen LogP contribution in [0.2, 0.25) is 0 Å². The van der Waals surface area contributed by atoms with Crippen LogP contribution in [0.15, 0.2) is 36.4 Å². The summed E-state index contributed by atoms with van der Waals surface area (Å²) in [6.07, 6.45) is 0. The highest BCUT2D eigenvalue weighted by Gasteiger charge is 2.23. The van der Waals surface area contributed by atoms with Gasteiger partial charge in [0.15, 0.2) is 0 Å². The summed E-state index contributed by atoms with van der Waals surface area (Å²) >= 11 is 0. The Morgan fingerprint density at radius 3 is 2.00 bits per heavy atom. The Labute approximate surface area is 179 Å². The van der Waals surface area contributed by atoms with Crippen LogP contribution in [0, 0.1) is 41.5 Å². The molecule has 0 radical (unpaired) electrons. The summed E-state index contributed by atoms with van der Waals surface area (Å²) in [5.74, 6) is -0.862. The van der Waals surface area contributed by atoms with Gasteiger partial charge in [-0.1, -0.05) is 47.5 Å². The van der Waals surface area contributed by atoms with E-state index in [4.69, 9.17) is 0 Å². The van der Waals surface area contributed by atoms with Crippen LogP contribution in [0.25, 0.3) is 0 Å². The zero-order valence-corrected chi connectivity index (χ0v) is 18.9. The van der Waals surface area contributed by atoms with Gasteiger partial charge in [0.1, 0.15) is 0 Å². The summed E-state index contributed by atoms with van der Waals surface area (Å²) in [4.78, 5) is 12.1. The Kier molecular flexibility index (Phi) is 6.47. The zero-order valence-electron chi connectivity index (χ0n) is 18.9. The number of benzene rings is 2. The molecule has 0 bridgehead atoms. The van der Waals surface area contributed by atoms with Crippen molar-refractivity contribution in [2.45, 2.75) is 61.2 Å². The highest BCUT2D eigenvalue weighted by atomic mass is 16.4. The first-order valence-corrected chi connectivity index (χ1v) is 10.4. The third kappa shape index (κ3) is 4.49. The van der Waals surface area contributed by atoms with Crippen molar-refractivity contribution in [3.63, 3.8) is 0 Å². The van der Waals surface area contributed by atoms with E-state index in [-0.39, 0.29) is 0 Å². The fourth-order valence-corrected chi connectivity index (χ4v) is 4.34. The van der Waals surface area contributed by atoms with Crippen molar-refractivity contribution in [2.24, 2.45) is 0 Å². The molecule has 2 aromatic carbocycles. The van der Waals surface area contributed by atoms with E-state index in [1.165, 1.54) is 33.4 Å². The summed E-state index contributed by atoms with van der Waals surface area (Å²) in [6, 6.07) is 12.8. The number of hydrogen-bond donors (Lipinski definition) is 2. The third-order valence-electron chi connectivity index (χ3n) is 6.03. The van der Waals surface area contributed by atoms with Crippen molar-refractivity contribution < 1.29 is 9.90 Å². The lowest BCUT2D eigenvalue weighted by Gasteiger charge is -2.16. The Bertz CT molecular complexity index is 1050. The van der Waals surface area contributed by atoms with Gasteiger partial charge in [0.2, 0.25) is 0 Å². The number of carboxylic acid groups (broad SMARTS) is 1. The maximum Gasteiger partial charge on any atom is 0.337 e. The predicted molar refractivity (Wildman–Crippen MR) is 122 cm³/mol. The fraction of sp³-hybridized carbons (Fsp3) is 0.346. The Morgan fingerprint density at radius 2 is 1.43 bits per heavy atom. The van der Waals surface area contributed by atoms with Gasteiger partial charge in [-0.15, -0.1) is 0 Å². The largest absolute Gasteiger partial charge is 0.478 e. The first-order chi connectivity index (χ1) is 14.2. The molecule has 4 heteroatoms. The van der Waals surface area contributed by atoms with Gasteiger partial charge >= 0.3 is 5.97 Å². The molecule has 0 saturated carbocycles. The molecule has 0 amide bonds. The molecule has 0 aliphatic carbocycles. The van der Waals surface area contributed by atoms with E-state index in [2.05, 4.69) is 74.0 Å². The smallest absolute Gasteiger partial charge is 0.337 e. The molecule has 0 unspecified atom stereocenters. The maximum absolute atomic E-state index is 12.1. The number of carboxylic acids is 1. The molecule has 3 rings (SSSR count). The fourth-order valence-electron chi connectivity index (χ4n) is 4.34. The lowest BCUT2D eigenvalue weighted by Crippen LogP contribution is -2.15. The van der Waals surface area contributed by atoms with Crippen LogP contribution in [-0.4, -0.2) is 15.6 Å². The van der Waals surface area contributed by atoms with Gasteiger partial charge < -0.3 is 15.0 Å². The molecular weight excluding hydrogens is 372 g/mol. The van der Waals surface area contributed by atoms with Gasteiger partial charge in [-0.05, 0) is 63.8 Å².